The molecule has 2 aromatic rings. The molecule has 2 N–H and O–H groups in total. The van der Waals surface area contributed by atoms with Crippen LogP contribution in [0.5, 0.6) is 0 Å². The van der Waals surface area contributed by atoms with Crippen LogP contribution in [0.3, 0.4) is 0 Å². The van der Waals surface area contributed by atoms with Gasteiger partial charge in [0.15, 0.2) is 0 Å². The average Bonchev–Trinajstić information content (AvgIpc) is 3.80. The fourth-order valence-corrected chi connectivity index (χ4v) is 5.56. The smallest absolute Gasteiger partial charge is 0.270 e. The summed E-state index contributed by atoms with van der Waals surface area (Å²) in [6.07, 6.45) is 4.92. The van der Waals surface area contributed by atoms with Crippen molar-refractivity contribution in [1.29, 1.82) is 0 Å². The second kappa shape index (κ2) is 10.7. The highest BCUT2D eigenvalue weighted by Gasteiger charge is 2.48. The van der Waals surface area contributed by atoms with E-state index in [0.29, 0.717) is 23.1 Å². The van der Waals surface area contributed by atoms with Crippen LogP contribution >= 0.6 is 0 Å². The third-order valence-electron chi connectivity index (χ3n) is 7.85. The van der Waals surface area contributed by atoms with Gasteiger partial charge in [-0.3, -0.25) is 19.1 Å². The summed E-state index contributed by atoms with van der Waals surface area (Å²) in [4.78, 5) is 40.3. The largest absolute Gasteiger partial charge is 0.339 e. The molecular formula is C28H34F3N5O3. The van der Waals surface area contributed by atoms with Gasteiger partial charge in [-0.1, -0.05) is 6.07 Å². The molecule has 0 spiro atoms. The Morgan fingerprint density at radius 3 is 2.36 bits per heavy atom. The number of likely N-dealkylation sites (tertiary alicyclic amines) is 1. The number of benzene rings is 1. The average molecular weight is 546 g/mol. The fraction of sp³-hybridized carbons (Fsp3) is 0.571. The predicted molar refractivity (Wildman–Crippen MR) is 138 cm³/mol. The first kappa shape index (κ1) is 27.2. The first-order valence-corrected chi connectivity index (χ1v) is 13.6. The van der Waals surface area contributed by atoms with Crippen LogP contribution in [0, 0.1) is 23.6 Å². The van der Waals surface area contributed by atoms with Crippen molar-refractivity contribution in [3.8, 4) is 0 Å². The molecule has 210 valence electrons. The van der Waals surface area contributed by atoms with Crippen LogP contribution in [0.4, 0.5) is 18.9 Å². The Bertz CT molecular complexity index is 1240. The van der Waals surface area contributed by atoms with Crippen molar-refractivity contribution < 1.29 is 27.6 Å². The Morgan fingerprint density at radius 1 is 1.10 bits per heavy atom. The Balaban J connectivity index is 1.29. The zero-order valence-electron chi connectivity index (χ0n) is 22.1. The predicted octanol–water partition coefficient (Wildman–Crippen LogP) is 4.19. The van der Waals surface area contributed by atoms with Crippen molar-refractivity contribution in [3.63, 3.8) is 0 Å². The summed E-state index contributed by atoms with van der Waals surface area (Å²) >= 11 is 0. The molecule has 3 fully saturated rings. The van der Waals surface area contributed by atoms with Crippen molar-refractivity contribution in [2.45, 2.75) is 70.4 Å². The monoisotopic (exact) mass is 545 g/mol. The molecule has 2 saturated carbocycles. The Labute approximate surface area is 225 Å². The number of anilines is 1. The molecule has 3 aliphatic rings. The Hall–Kier alpha value is -3.37. The summed E-state index contributed by atoms with van der Waals surface area (Å²) in [5.74, 6) is -4.41. The van der Waals surface area contributed by atoms with Crippen LogP contribution in [0.1, 0.15) is 68.0 Å². The van der Waals surface area contributed by atoms with Gasteiger partial charge in [0.1, 0.15) is 17.6 Å². The SMILES string of the molecule is CC(C)n1nccc1C(=O)NC(C(=O)Nc1ccc(CC(=O)N2CCC(F)(F)C2)cc1F)C(C1CC1)C1CC1. The van der Waals surface area contributed by atoms with E-state index in [-0.39, 0.29) is 37.0 Å². The van der Waals surface area contributed by atoms with E-state index in [1.807, 2.05) is 13.8 Å². The number of hydrogen-bond donors (Lipinski definition) is 2. The second-order valence-corrected chi connectivity index (χ2v) is 11.4. The molecule has 1 aromatic heterocycles. The van der Waals surface area contributed by atoms with Crippen molar-refractivity contribution in [2.75, 3.05) is 18.4 Å². The van der Waals surface area contributed by atoms with Gasteiger partial charge in [0.25, 0.3) is 11.8 Å². The van der Waals surface area contributed by atoms with E-state index in [0.717, 1.165) is 36.6 Å². The van der Waals surface area contributed by atoms with Gasteiger partial charge in [-0.05, 0) is 81.0 Å². The summed E-state index contributed by atoms with van der Waals surface area (Å²) in [6.45, 7) is 3.16. The maximum absolute atomic E-state index is 15.0. The number of nitrogens with one attached hydrogen (secondary N) is 2. The Morgan fingerprint density at radius 2 is 1.79 bits per heavy atom. The van der Waals surface area contributed by atoms with Gasteiger partial charge in [-0.15, -0.1) is 0 Å². The maximum atomic E-state index is 15.0. The highest BCUT2D eigenvalue weighted by molar-refractivity contribution is 6.01. The van der Waals surface area contributed by atoms with Crippen LogP contribution in [0.25, 0.3) is 0 Å². The number of amides is 3. The van der Waals surface area contributed by atoms with Gasteiger partial charge >= 0.3 is 0 Å². The molecule has 1 atom stereocenters. The first-order chi connectivity index (χ1) is 18.5. The Kier molecular flexibility index (Phi) is 7.43. The second-order valence-electron chi connectivity index (χ2n) is 11.4. The lowest BCUT2D eigenvalue weighted by Gasteiger charge is -2.28. The lowest BCUT2D eigenvalue weighted by molar-refractivity contribution is -0.130. The molecule has 1 aromatic carbocycles. The normalized spacial score (nSPS) is 19.4. The van der Waals surface area contributed by atoms with Gasteiger partial charge in [-0.2, -0.15) is 5.10 Å². The molecule has 1 unspecified atom stereocenters. The van der Waals surface area contributed by atoms with Gasteiger partial charge in [0.2, 0.25) is 11.8 Å². The number of carbonyl (C=O) groups is 3. The minimum absolute atomic E-state index is 0.0311. The summed E-state index contributed by atoms with van der Waals surface area (Å²) in [5, 5.41) is 9.78. The standard InChI is InChI=1S/C28H34F3N5O3/c1-16(2)36-22(9-11-32-36)26(38)34-25(24(18-4-5-18)19-6-7-19)27(39)33-21-8-3-17(13-20(21)29)14-23(37)35-12-10-28(30,31)15-35/h3,8-9,11,13,16,18-19,24-25H,4-7,10,12,14-15H2,1-2H3,(H,33,39)(H,34,38). The lowest BCUT2D eigenvalue weighted by Crippen LogP contribution is -2.50. The minimum atomic E-state index is -2.89. The molecule has 5 rings (SSSR count). The molecule has 2 heterocycles. The van der Waals surface area contributed by atoms with Crippen molar-refractivity contribution in [3.05, 3.63) is 47.5 Å². The van der Waals surface area contributed by atoms with Gasteiger partial charge in [0.05, 0.1) is 18.7 Å². The number of carbonyl (C=O) groups excluding carboxylic acids is 3. The van der Waals surface area contributed by atoms with E-state index >= 15 is 4.39 Å². The third-order valence-corrected chi connectivity index (χ3v) is 7.85. The van der Waals surface area contributed by atoms with E-state index in [4.69, 9.17) is 0 Å². The number of aromatic nitrogens is 2. The number of rotatable bonds is 10. The minimum Gasteiger partial charge on any atom is -0.339 e. The summed E-state index contributed by atoms with van der Waals surface area (Å²) in [5.41, 5.74) is 0.608. The van der Waals surface area contributed by atoms with Crippen LogP contribution in [-0.4, -0.2) is 57.5 Å². The molecular weight excluding hydrogens is 511 g/mol. The highest BCUT2D eigenvalue weighted by atomic mass is 19.3. The zero-order valence-corrected chi connectivity index (χ0v) is 22.1. The van der Waals surface area contributed by atoms with Crippen molar-refractivity contribution >= 4 is 23.4 Å². The number of alkyl halides is 2. The van der Waals surface area contributed by atoms with E-state index < -0.39 is 42.0 Å². The number of nitrogens with zero attached hydrogens (tertiary/aromatic N) is 3. The van der Waals surface area contributed by atoms with Gasteiger partial charge in [-0.25, -0.2) is 13.2 Å². The van der Waals surface area contributed by atoms with Gasteiger partial charge < -0.3 is 15.5 Å². The lowest BCUT2D eigenvalue weighted by atomic mass is 9.88. The van der Waals surface area contributed by atoms with E-state index in [9.17, 15) is 23.2 Å². The maximum Gasteiger partial charge on any atom is 0.270 e. The molecule has 8 nitrogen and oxygen atoms in total. The molecule has 39 heavy (non-hydrogen) atoms. The van der Waals surface area contributed by atoms with Crippen LogP contribution in [0.15, 0.2) is 30.5 Å². The third kappa shape index (κ3) is 6.28. The van der Waals surface area contributed by atoms with Crippen molar-refractivity contribution in [1.82, 2.24) is 20.0 Å². The highest BCUT2D eigenvalue weighted by Crippen LogP contribution is 2.51. The first-order valence-electron chi connectivity index (χ1n) is 13.6. The molecule has 1 aliphatic heterocycles. The molecule has 0 radical (unpaired) electrons. The molecule has 3 amide bonds. The number of hydrogen-bond acceptors (Lipinski definition) is 4. The quantitative estimate of drug-likeness (QED) is 0.468. The van der Waals surface area contributed by atoms with Crippen LogP contribution < -0.4 is 10.6 Å². The zero-order chi connectivity index (χ0) is 27.9. The van der Waals surface area contributed by atoms with E-state index in [1.54, 1.807) is 16.9 Å². The molecule has 1 saturated heterocycles. The topological polar surface area (TPSA) is 96.3 Å². The molecule has 0 bridgehead atoms. The summed E-state index contributed by atoms with van der Waals surface area (Å²) < 4.78 is 43.5. The summed E-state index contributed by atoms with van der Waals surface area (Å²) in [7, 11) is 0. The molecule has 11 heteroatoms. The van der Waals surface area contributed by atoms with Gasteiger partial charge in [0, 0.05) is 25.2 Å². The van der Waals surface area contributed by atoms with Crippen molar-refractivity contribution in [2.24, 2.45) is 17.8 Å². The summed E-state index contributed by atoms with van der Waals surface area (Å²) in [6, 6.07) is 4.72. The molecule has 2 aliphatic carbocycles. The van der Waals surface area contributed by atoms with Crippen LogP contribution in [0.2, 0.25) is 0 Å². The fourth-order valence-electron chi connectivity index (χ4n) is 5.56. The number of halogens is 3. The van der Waals surface area contributed by atoms with E-state index in [1.165, 1.54) is 12.1 Å². The van der Waals surface area contributed by atoms with E-state index in [2.05, 4.69) is 15.7 Å². The van der Waals surface area contributed by atoms with Crippen LogP contribution in [-0.2, 0) is 16.0 Å².